The molecule has 0 radical (unpaired) electrons. The first-order valence-corrected chi connectivity index (χ1v) is 12.8. The third-order valence-electron chi connectivity index (χ3n) is 5.33. The molecule has 2 aromatic carbocycles. The van der Waals surface area contributed by atoms with Crippen LogP contribution in [-0.4, -0.2) is 32.5 Å². The van der Waals surface area contributed by atoms with Gasteiger partial charge in [-0.15, -0.1) is 0 Å². The fourth-order valence-corrected chi connectivity index (χ4v) is 4.74. The van der Waals surface area contributed by atoms with Crippen LogP contribution in [0.2, 0.25) is 5.02 Å². The molecule has 34 heavy (non-hydrogen) atoms. The Labute approximate surface area is 205 Å². The van der Waals surface area contributed by atoms with E-state index in [-0.39, 0.29) is 23.3 Å². The molecular formula is C26H27ClN2O4S. The van der Waals surface area contributed by atoms with Crippen molar-refractivity contribution < 1.29 is 17.9 Å². The molecule has 0 saturated heterocycles. The Hall–Kier alpha value is -3.00. The van der Waals surface area contributed by atoms with Gasteiger partial charge >= 0.3 is 5.97 Å². The minimum absolute atomic E-state index is 0.0648. The molecular weight excluding hydrogens is 472 g/mol. The third kappa shape index (κ3) is 7.00. The minimum Gasteiger partial charge on any atom is -0.463 e. The fourth-order valence-electron chi connectivity index (χ4n) is 3.56. The minimum atomic E-state index is -3.65. The highest BCUT2D eigenvalue weighted by Crippen LogP contribution is 2.29. The van der Waals surface area contributed by atoms with Crippen LogP contribution < -0.4 is 4.72 Å². The number of hydrogen-bond donors (Lipinski definition) is 1. The second-order valence-corrected chi connectivity index (χ2v) is 9.88. The zero-order valence-electron chi connectivity index (χ0n) is 19.1. The summed E-state index contributed by atoms with van der Waals surface area (Å²) < 4.78 is 32.9. The highest BCUT2D eigenvalue weighted by Gasteiger charge is 2.18. The standard InChI is InChI=1S/C26H27ClN2O4S/c1-3-33-26(30)17-19(2)20-6-8-21(9-7-20)25(22-5-4-15-28-18-22)14-16-29-34(31,32)24-12-10-23(27)11-13-24/h4-13,15,17-18,25,29H,3,14,16H2,1-2H3. The largest absolute Gasteiger partial charge is 0.463 e. The van der Waals surface area contributed by atoms with Crippen molar-refractivity contribution in [2.45, 2.75) is 31.1 Å². The third-order valence-corrected chi connectivity index (χ3v) is 7.05. The quantitative estimate of drug-likeness (QED) is 0.306. The number of rotatable bonds is 10. The summed E-state index contributed by atoms with van der Waals surface area (Å²) >= 11 is 5.87. The highest BCUT2D eigenvalue weighted by molar-refractivity contribution is 7.89. The van der Waals surface area contributed by atoms with Gasteiger partial charge in [-0.2, -0.15) is 0 Å². The summed E-state index contributed by atoms with van der Waals surface area (Å²) in [6.07, 6.45) is 5.51. The summed E-state index contributed by atoms with van der Waals surface area (Å²) in [5.74, 6) is -0.435. The number of hydrogen-bond acceptors (Lipinski definition) is 5. The van der Waals surface area contributed by atoms with E-state index >= 15 is 0 Å². The molecule has 0 bridgehead atoms. The van der Waals surface area contributed by atoms with Crippen LogP contribution in [0.15, 0.2) is 84.0 Å². The van der Waals surface area contributed by atoms with Gasteiger partial charge in [-0.3, -0.25) is 4.98 Å². The van der Waals surface area contributed by atoms with Crippen molar-refractivity contribution in [3.05, 3.63) is 101 Å². The second-order valence-electron chi connectivity index (χ2n) is 7.68. The van der Waals surface area contributed by atoms with Gasteiger partial charge in [0.15, 0.2) is 0 Å². The molecule has 1 heterocycles. The molecule has 8 heteroatoms. The monoisotopic (exact) mass is 498 g/mol. The number of halogens is 1. The van der Waals surface area contributed by atoms with Gasteiger partial charge in [-0.25, -0.2) is 17.9 Å². The molecule has 1 atom stereocenters. The lowest BCUT2D eigenvalue weighted by Gasteiger charge is -2.19. The molecule has 0 aliphatic rings. The van der Waals surface area contributed by atoms with Gasteiger partial charge < -0.3 is 4.74 Å². The molecule has 3 rings (SSSR count). The van der Waals surface area contributed by atoms with Crippen LogP contribution in [0.25, 0.3) is 5.57 Å². The Balaban J connectivity index is 1.77. The summed E-state index contributed by atoms with van der Waals surface area (Å²) in [6, 6.07) is 17.8. The van der Waals surface area contributed by atoms with Gasteiger partial charge in [0.25, 0.3) is 0 Å². The smallest absolute Gasteiger partial charge is 0.331 e. The van der Waals surface area contributed by atoms with E-state index < -0.39 is 10.0 Å². The van der Waals surface area contributed by atoms with Gasteiger partial charge in [0.05, 0.1) is 11.5 Å². The highest BCUT2D eigenvalue weighted by atomic mass is 35.5. The van der Waals surface area contributed by atoms with E-state index in [1.54, 1.807) is 31.5 Å². The Bertz CT molecular complexity index is 1230. The molecule has 178 valence electrons. The van der Waals surface area contributed by atoms with Crippen molar-refractivity contribution in [2.75, 3.05) is 13.2 Å². The van der Waals surface area contributed by atoms with Crippen LogP contribution >= 0.6 is 11.6 Å². The van der Waals surface area contributed by atoms with E-state index in [1.807, 2.05) is 43.3 Å². The maximum absolute atomic E-state index is 12.6. The summed E-state index contributed by atoms with van der Waals surface area (Å²) in [6.45, 7) is 4.20. The maximum Gasteiger partial charge on any atom is 0.331 e. The first-order chi connectivity index (χ1) is 16.3. The van der Waals surface area contributed by atoms with E-state index in [9.17, 15) is 13.2 Å². The van der Waals surface area contributed by atoms with Gasteiger partial charge in [-0.05, 0) is 72.9 Å². The number of sulfonamides is 1. The molecule has 0 fully saturated rings. The first-order valence-electron chi connectivity index (χ1n) is 10.9. The van der Waals surface area contributed by atoms with Crippen molar-refractivity contribution >= 4 is 33.2 Å². The van der Waals surface area contributed by atoms with Crippen LogP contribution in [-0.2, 0) is 19.6 Å². The predicted molar refractivity (Wildman–Crippen MR) is 134 cm³/mol. The van der Waals surface area contributed by atoms with Gasteiger partial charge in [0.2, 0.25) is 10.0 Å². The summed E-state index contributed by atoms with van der Waals surface area (Å²) in [5.41, 5.74) is 3.72. The van der Waals surface area contributed by atoms with E-state index in [1.165, 1.54) is 18.2 Å². The normalized spacial score (nSPS) is 12.9. The van der Waals surface area contributed by atoms with E-state index in [0.29, 0.717) is 18.1 Å². The van der Waals surface area contributed by atoms with Crippen molar-refractivity contribution in [1.29, 1.82) is 0 Å². The molecule has 1 N–H and O–H groups in total. The first kappa shape index (κ1) is 25.6. The van der Waals surface area contributed by atoms with Gasteiger partial charge in [0, 0.05) is 36.0 Å². The summed E-state index contributed by atoms with van der Waals surface area (Å²) in [7, 11) is -3.65. The van der Waals surface area contributed by atoms with Crippen molar-refractivity contribution in [2.24, 2.45) is 0 Å². The zero-order valence-corrected chi connectivity index (χ0v) is 20.6. The van der Waals surface area contributed by atoms with Crippen molar-refractivity contribution in [3.8, 4) is 0 Å². The topological polar surface area (TPSA) is 85.4 Å². The number of allylic oxidation sites excluding steroid dienone is 1. The number of pyridine rings is 1. The van der Waals surface area contributed by atoms with Crippen LogP contribution in [0.3, 0.4) is 0 Å². The number of carbonyl (C=O) groups excluding carboxylic acids is 1. The van der Waals surface area contributed by atoms with Crippen LogP contribution in [0.1, 0.15) is 42.9 Å². The number of carbonyl (C=O) groups is 1. The van der Waals surface area contributed by atoms with E-state index in [0.717, 1.165) is 22.3 Å². The predicted octanol–water partition coefficient (Wildman–Crippen LogP) is 5.20. The molecule has 0 aliphatic carbocycles. The molecule has 1 unspecified atom stereocenters. The van der Waals surface area contributed by atoms with E-state index in [4.69, 9.17) is 16.3 Å². The lowest BCUT2D eigenvalue weighted by molar-refractivity contribution is -0.137. The number of nitrogens with zero attached hydrogens (tertiary/aromatic N) is 1. The van der Waals surface area contributed by atoms with Gasteiger partial charge in [0.1, 0.15) is 0 Å². The average Bonchev–Trinajstić information content (AvgIpc) is 2.83. The fraction of sp³-hybridized carbons (Fsp3) is 0.231. The Morgan fingerprint density at radius 3 is 2.41 bits per heavy atom. The Morgan fingerprint density at radius 2 is 1.79 bits per heavy atom. The number of aromatic nitrogens is 1. The second kappa shape index (κ2) is 11.9. The molecule has 0 amide bonds. The number of ether oxygens (including phenoxy) is 1. The lowest BCUT2D eigenvalue weighted by atomic mass is 9.88. The Morgan fingerprint density at radius 1 is 1.09 bits per heavy atom. The summed E-state index contributed by atoms with van der Waals surface area (Å²) in [4.78, 5) is 16.1. The molecule has 6 nitrogen and oxygen atoms in total. The average molecular weight is 499 g/mol. The van der Waals surface area contributed by atoms with Crippen molar-refractivity contribution in [1.82, 2.24) is 9.71 Å². The number of nitrogens with one attached hydrogen (secondary N) is 1. The summed E-state index contributed by atoms with van der Waals surface area (Å²) in [5, 5.41) is 0.478. The molecule has 0 spiro atoms. The molecule has 0 aliphatic heterocycles. The zero-order chi connectivity index (χ0) is 24.6. The number of benzene rings is 2. The van der Waals surface area contributed by atoms with Gasteiger partial charge in [-0.1, -0.05) is 41.9 Å². The number of esters is 1. The van der Waals surface area contributed by atoms with Crippen LogP contribution in [0.4, 0.5) is 0 Å². The Kier molecular flexibility index (Phi) is 8.98. The SMILES string of the molecule is CCOC(=O)C=C(C)c1ccc(C(CCNS(=O)(=O)c2ccc(Cl)cc2)c2cccnc2)cc1. The molecule has 3 aromatic rings. The molecule has 1 aromatic heterocycles. The van der Waals surface area contributed by atoms with Crippen LogP contribution in [0.5, 0.6) is 0 Å². The maximum atomic E-state index is 12.6. The van der Waals surface area contributed by atoms with E-state index in [2.05, 4.69) is 9.71 Å². The molecule has 0 saturated carbocycles. The van der Waals surface area contributed by atoms with Crippen molar-refractivity contribution in [3.63, 3.8) is 0 Å². The lowest BCUT2D eigenvalue weighted by Crippen LogP contribution is -2.26. The van der Waals surface area contributed by atoms with Crippen LogP contribution in [0, 0.1) is 0 Å².